The van der Waals surface area contributed by atoms with Crippen LogP contribution in [0.25, 0.3) is 0 Å². The number of carbonyl (C=O) groups excluding carboxylic acids is 3. The molecule has 3 rings (SSSR count). The van der Waals surface area contributed by atoms with Crippen LogP contribution in [-0.2, 0) is 32.0 Å². The van der Waals surface area contributed by atoms with Crippen molar-refractivity contribution in [1.29, 1.82) is 0 Å². The van der Waals surface area contributed by atoms with Gasteiger partial charge in [0.05, 0.1) is 11.0 Å². The molecule has 2 aromatic rings. The maximum atomic E-state index is 13.9. The number of halogens is 3. The molecule has 0 aliphatic carbocycles. The summed E-state index contributed by atoms with van der Waals surface area (Å²) in [5.41, 5.74) is 1.33. The van der Waals surface area contributed by atoms with Gasteiger partial charge in [0, 0.05) is 37.4 Å². The lowest BCUT2D eigenvalue weighted by atomic mass is 9.93. The Morgan fingerprint density at radius 1 is 1.04 bits per heavy atom. The number of nitrogens with zero attached hydrogens (tertiary/aromatic N) is 3. The highest BCUT2D eigenvalue weighted by Gasteiger charge is 2.38. The molecule has 0 bridgehead atoms. The fraction of sp³-hybridized carbons (Fsp3) is 0.622. The molecule has 53 heavy (non-hydrogen) atoms. The summed E-state index contributed by atoms with van der Waals surface area (Å²) in [6.07, 6.45) is 0.651. The number of carbonyl (C=O) groups is 5. The molecule has 1 aromatic carbocycles. The summed E-state index contributed by atoms with van der Waals surface area (Å²) < 4.78 is 31.7. The molecule has 3 amide bonds. The van der Waals surface area contributed by atoms with Crippen LogP contribution in [0, 0.1) is 11.8 Å². The summed E-state index contributed by atoms with van der Waals surface area (Å²) in [5.74, 6) is -3.97. The van der Waals surface area contributed by atoms with E-state index in [1.807, 2.05) is 58.3 Å². The molecule has 5 atom stereocenters. The van der Waals surface area contributed by atoms with E-state index in [0.717, 1.165) is 42.8 Å². The van der Waals surface area contributed by atoms with Crippen molar-refractivity contribution < 1.29 is 47.4 Å². The van der Waals surface area contributed by atoms with E-state index < -0.39 is 24.2 Å². The minimum absolute atomic E-state index is 0.0122. The summed E-state index contributed by atoms with van der Waals surface area (Å²) in [6.45, 7) is 9.12. The average molecular weight is 770 g/mol. The Kier molecular flexibility index (Phi) is 18.4. The third-order valence-corrected chi connectivity index (χ3v) is 10.4. The zero-order valence-corrected chi connectivity index (χ0v) is 32.1. The zero-order chi connectivity index (χ0) is 39.9. The Labute approximate surface area is 313 Å². The predicted molar refractivity (Wildman–Crippen MR) is 195 cm³/mol. The first-order valence-corrected chi connectivity index (χ1v) is 18.8. The molecule has 2 heterocycles. The first kappa shape index (κ1) is 45.1. The van der Waals surface area contributed by atoms with Crippen LogP contribution in [0.1, 0.15) is 93.7 Å². The highest BCUT2D eigenvalue weighted by molar-refractivity contribution is 7.09. The van der Waals surface area contributed by atoms with Gasteiger partial charge < -0.3 is 25.7 Å². The van der Waals surface area contributed by atoms with Crippen molar-refractivity contribution in [1.82, 2.24) is 25.4 Å². The van der Waals surface area contributed by atoms with E-state index in [1.54, 1.807) is 10.3 Å². The van der Waals surface area contributed by atoms with Crippen LogP contribution in [0.15, 0.2) is 35.7 Å². The summed E-state index contributed by atoms with van der Waals surface area (Å²) in [6, 6.07) is 8.46. The smallest absolute Gasteiger partial charge is 0.481 e. The predicted octanol–water partition coefficient (Wildman–Crippen LogP) is 5.41. The molecular weight excluding hydrogens is 715 g/mol. The SMILES string of the molecule is CC[C@H](C)[C@H](NC(=O)[C@H]1CCCCN1C)C(=O)N(C)[C@H](CCc1nc(C(=O)N[C@H](CCC(=O)O)Cc2ccccc2)cs1)C(C)C.O=C(O)C(F)(F)F. The van der Waals surface area contributed by atoms with Crippen LogP contribution in [0.4, 0.5) is 13.2 Å². The number of hydrogen-bond acceptors (Lipinski definition) is 8. The number of rotatable bonds is 17. The first-order valence-electron chi connectivity index (χ1n) is 17.9. The number of aromatic nitrogens is 1. The Morgan fingerprint density at radius 3 is 2.23 bits per heavy atom. The topological polar surface area (TPSA) is 169 Å². The molecule has 1 fully saturated rings. The molecule has 16 heteroatoms. The number of aryl methyl sites for hydroxylation is 1. The van der Waals surface area contributed by atoms with Gasteiger partial charge in [0.25, 0.3) is 5.91 Å². The van der Waals surface area contributed by atoms with Crippen molar-refractivity contribution in [2.75, 3.05) is 20.6 Å². The largest absolute Gasteiger partial charge is 0.490 e. The number of amides is 3. The second kappa shape index (κ2) is 21.6. The van der Waals surface area contributed by atoms with Gasteiger partial charge in [-0.1, -0.05) is 70.9 Å². The van der Waals surface area contributed by atoms with E-state index in [9.17, 15) is 37.5 Å². The molecule has 0 unspecified atom stereocenters. The number of nitrogens with one attached hydrogen (secondary N) is 2. The number of piperidine rings is 1. The monoisotopic (exact) mass is 769 g/mol. The number of carboxylic acids is 2. The van der Waals surface area contributed by atoms with Crippen LogP contribution in [-0.4, -0.2) is 106 Å². The highest BCUT2D eigenvalue weighted by Crippen LogP contribution is 2.23. The summed E-state index contributed by atoms with van der Waals surface area (Å²) >= 11 is 1.41. The van der Waals surface area contributed by atoms with Gasteiger partial charge in [-0.15, -0.1) is 11.3 Å². The minimum atomic E-state index is -5.08. The van der Waals surface area contributed by atoms with Gasteiger partial charge in [0.15, 0.2) is 0 Å². The standard InChI is InChI=1S/C35H53N5O5S.C2HF3O2/c1-7-24(4)32(38-34(44)29-15-11-12-20-39(29)5)35(45)40(6)28(23(2)3)17-18-30-37-27(22-46-30)33(43)36-26(16-19-31(41)42)21-25-13-9-8-10-14-25;3-2(4,5)1(6)7/h8-10,13-14,22-24,26,28-29,32H,7,11-12,15-21H2,1-6H3,(H,36,43)(H,38,44)(H,41,42);(H,6,7)/t24-,26+,28+,29+,32-;/m0./s1. The van der Waals surface area contributed by atoms with E-state index in [0.29, 0.717) is 31.4 Å². The number of likely N-dealkylation sites (N-methyl/N-ethyl adjacent to an activating group) is 2. The summed E-state index contributed by atoms with van der Waals surface area (Å²) in [7, 11) is 3.80. The second-order valence-electron chi connectivity index (χ2n) is 13.9. The van der Waals surface area contributed by atoms with Crippen LogP contribution in [0.3, 0.4) is 0 Å². The molecule has 1 saturated heterocycles. The molecular formula is C37H54F3N5O7S. The zero-order valence-electron chi connectivity index (χ0n) is 31.3. The molecule has 0 radical (unpaired) electrons. The highest BCUT2D eigenvalue weighted by atomic mass is 32.1. The van der Waals surface area contributed by atoms with Crippen LogP contribution >= 0.6 is 11.3 Å². The number of alkyl halides is 3. The third kappa shape index (κ3) is 15.1. The number of thiazole rings is 1. The lowest BCUT2D eigenvalue weighted by Gasteiger charge is -2.37. The number of aliphatic carboxylic acids is 2. The molecule has 1 aliphatic rings. The van der Waals surface area contributed by atoms with Crippen molar-refractivity contribution in [3.8, 4) is 0 Å². The molecule has 1 aromatic heterocycles. The van der Waals surface area contributed by atoms with Gasteiger partial charge in [-0.2, -0.15) is 13.2 Å². The number of benzene rings is 1. The van der Waals surface area contributed by atoms with Gasteiger partial charge in [-0.05, 0) is 63.1 Å². The van der Waals surface area contributed by atoms with Crippen molar-refractivity contribution in [3.63, 3.8) is 0 Å². The van der Waals surface area contributed by atoms with Gasteiger partial charge in [0.1, 0.15) is 11.7 Å². The van der Waals surface area contributed by atoms with Gasteiger partial charge in [0.2, 0.25) is 11.8 Å². The van der Waals surface area contributed by atoms with Crippen molar-refractivity contribution in [3.05, 3.63) is 52.0 Å². The van der Waals surface area contributed by atoms with E-state index in [-0.39, 0.29) is 54.1 Å². The molecule has 296 valence electrons. The molecule has 0 spiro atoms. The Morgan fingerprint density at radius 2 is 1.68 bits per heavy atom. The van der Waals surface area contributed by atoms with Crippen LogP contribution < -0.4 is 10.6 Å². The fourth-order valence-electron chi connectivity index (χ4n) is 6.18. The Balaban J connectivity index is 0.00000126. The minimum Gasteiger partial charge on any atom is -0.481 e. The van der Waals surface area contributed by atoms with Crippen molar-refractivity contribution >= 4 is 41.0 Å². The maximum absolute atomic E-state index is 13.9. The summed E-state index contributed by atoms with van der Waals surface area (Å²) in [5, 5.41) is 25.0. The van der Waals surface area contributed by atoms with E-state index in [4.69, 9.17) is 9.90 Å². The average Bonchev–Trinajstić information content (AvgIpc) is 3.58. The lowest BCUT2D eigenvalue weighted by Crippen LogP contribution is -2.57. The molecule has 4 N–H and O–H groups in total. The van der Waals surface area contributed by atoms with Crippen molar-refractivity contribution in [2.45, 2.75) is 116 Å². The van der Waals surface area contributed by atoms with E-state index in [1.165, 1.54) is 11.3 Å². The fourth-order valence-corrected chi connectivity index (χ4v) is 6.97. The van der Waals surface area contributed by atoms with Gasteiger partial charge >= 0.3 is 18.1 Å². The molecule has 0 saturated carbocycles. The Bertz CT molecular complexity index is 1490. The van der Waals surface area contributed by atoms with Gasteiger partial charge in [-0.25, -0.2) is 9.78 Å². The quantitative estimate of drug-likeness (QED) is 0.164. The van der Waals surface area contributed by atoms with E-state index in [2.05, 4.69) is 34.4 Å². The number of likely N-dealkylation sites (tertiary alicyclic amines) is 1. The van der Waals surface area contributed by atoms with Crippen LogP contribution in [0.5, 0.6) is 0 Å². The molecule has 12 nitrogen and oxygen atoms in total. The normalized spacial score (nSPS) is 17.1. The summed E-state index contributed by atoms with van der Waals surface area (Å²) in [4.78, 5) is 68.9. The number of carboxylic acid groups (broad SMARTS) is 2. The number of hydrogen-bond donors (Lipinski definition) is 4. The maximum Gasteiger partial charge on any atom is 0.490 e. The Hall–Kier alpha value is -4.05. The molecule has 1 aliphatic heterocycles. The lowest BCUT2D eigenvalue weighted by molar-refractivity contribution is -0.192. The first-order chi connectivity index (χ1) is 24.8. The van der Waals surface area contributed by atoms with E-state index >= 15 is 0 Å². The van der Waals surface area contributed by atoms with Crippen molar-refractivity contribution in [2.24, 2.45) is 11.8 Å². The van der Waals surface area contributed by atoms with Crippen LogP contribution in [0.2, 0.25) is 0 Å². The third-order valence-electron chi connectivity index (χ3n) is 9.51. The van der Waals surface area contributed by atoms with Gasteiger partial charge in [-0.3, -0.25) is 24.1 Å². The second-order valence-corrected chi connectivity index (χ2v) is 14.8.